The molecule has 0 fully saturated rings. The maximum absolute atomic E-state index is 12.2. The Bertz CT molecular complexity index is 908. The number of carbonyl (C=O) groups excluding carboxylic acids is 1. The van der Waals surface area contributed by atoms with Gasteiger partial charge in [0.2, 0.25) is 12.7 Å². The highest BCUT2D eigenvalue weighted by atomic mass is 16.7. The van der Waals surface area contributed by atoms with Gasteiger partial charge in [-0.3, -0.25) is 4.79 Å². The van der Waals surface area contributed by atoms with Crippen LogP contribution in [0.3, 0.4) is 0 Å². The first-order valence-electron chi connectivity index (χ1n) is 8.31. The van der Waals surface area contributed by atoms with Crippen molar-refractivity contribution in [3.63, 3.8) is 0 Å². The number of aryl methyl sites for hydroxylation is 2. The van der Waals surface area contributed by atoms with Crippen LogP contribution in [0.1, 0.15) is 27.7 Å². The average molecular weight is 351 g/mol. The lowest BCUT2D eigenvalue weighted by Gasteiger charge is -2.04. The second-order valence-electron chi connectivity index (χ2n) is 5.86. The van der Waals surface area contributed by atoms with E-state index in [2.05, 4.69) is 15.5 Å². The van der Waals surface area contributed by atoms with E-state index in [1.54, 1.807) is 0 Å². The first kappa shape index (κ1) is 16.1. The Labute approximate surface area is 150 Å². The number of nitrogens with zero attached hydrogens (tertiary/aromatic N) is 2. The summed E-state index contributed by atoms with van der Waals surface area (Å²) in [6.45, 7) is 0.552. The molecule has 7 nitrogen and oxygen atoms in total. The van der Waals surface area contributed by atoms with Gasteiger partial charge < -0.3 is 19.2 Å². The monoisotopic (exact) mass is 351 g/mol. The quantitative estimate of drug-likeness (QED) is 0.734. The van der Waals surface area contributed by atoms with Gasteiger partial charge in [-0.2, -0.15) is 0 Å². The number of amides is 1. The number of fused-ring (bicyclic) bond motifs is 1. The smallest absolute Gasteiger partial charge is 0.309 e. The van der Waals surface area contributed by atoms with Gasteiger partial charge in [-0.1, -0.05) is 36.4 Å². The first-order chi connectivity index (χ1) is 12.8. The Morgan fingerprint density at radius 1 is 0.962 bits per heavy atom. The minimum Gasteiger partial charge on any atom is -0.454 e. The molecule has 1 N–H and O–H groups in total. The minimum atomic E-state index is -0.402. The first-order valence-corrected chi connectivity index (χ1v) is 8.31. The maximum atomic E-state index is 12.2. The zero-order valence-corrected chi connectivity index (χ0v) is 14.0. The SMILES string of the molecule is O=C(NCc1ccc2c(c1)OCO2)c1nnc(CCc2ccccc2)o1. The summed E-state index contributed by atoms with van der Waals surface area (Å²) in [7, 11) is 0. The van der Waals surface area contributed by atoms with Crippen LogP contribution in [0.5, 0.6) is 11.5 Å². The van der Waals surface area contributed by atoms with Gasteiger partial charge in [-0.05, 0) is 29.7 Å². The second kappa shape index (κ2) is 7.26. The molecule has 0 radical (unpaired) electrons. The third-order valence-corrected chi connectivity index (χ3v) is 4.02. The molecule has 2 aromatic carbocycles. The fourth-order valence-corrected chi connectivity index (χ4v) is 2.65. The van der Waals surface area contributed by atoms with Crippen molar-refractivity contribution in [2.45, 2.75) is 19.4 Å². The number of carbonyl (C=O) groups is 1. The van der Waals surface area contributed by atoms with Crippen LogP contribution < -0.4 is 14.8 Å². The molecule has 3 aromatic rings. The largest absolute Gasteiger partial charge is 0.454 e. The van der Waals surface area contributed by atoms with Gasteiger partial charge in [0.25, 0.3) is 0 Å². The summed E-state index contributed by atoms with van der Waals surface area (Å²) in [5.74, 6) is 1.40. The van der Waals surface area contributed by atoms with Crippen LogP contribution in [-0.4, -0.2) is 22.9 Å². The Morgan fingerprint density at radius 2 is 1.81 bits per heavy atom. The van der Waals surface area contributed by atoms with Crippen LogP contribution in [-0.2, 0) is 19.4 Å². The summed E-state index contributed by atoms with van der Waals surface area (Å²) in [6.07, 6.45) is 1.37. The second-order valence-corrected chi connectivity index (χ2v) is 5.86. The van der Waals surface area contributed by atoms with E-state index in [4.69, 9.17) is 13.9 Å². The molecule has 0 bridgehead atoms. The van der Waals surface area contributed by atoms with Crippen LogP contribution in [0.2, 0.25) is 0 Å². The molecule has 4 rings (SSSR count). The summed E-state index contributed by atoms with van der Waals surface area (Å²) in [5.41, 5.74) is 2.07. The lowest BCUT2D eigenvalue weighted by molar-refractivity contribution is 0.0914. The molecule has 1 aromatic heterocycles. The van der Waals surface area contributed by atoms with Gasteiger partial charge in [-0.15, -0.1) is 10.2 Å². The predicted octanol–water partition coefficient (Wildman–Crippen LogP) is 2.51. The Balaban J connectivity index is 1.31. The van der Waals surface area contributed by atoms with E-state index in [1.165, 1.54) is 5.56 Å². The van der Waals surface area contributed by atoms with Crippen molar-refractivity contribution in [1.29, 1.82) is 0 Å². The molecular weight excluding hydrogens is 334 g/mol. The molecule has 0 saturated heterocycles. The minimum absolute atomic E-state index is 0.0335. The third kappa shape index (κ3) is 3.66. The van der Waals surface area contributed by atoms with E-state index in [0.717, 1.165) is 12.0 Å². The van der Waals surface area contributed by atoms with Gasteiger partial charge in [-0.25, -0.2) is 0 Å². The van der Waals surface area contributed by atoms with Crippen molar-refractivity contribution in [2.24, 2.45) is 0 Å². The van der Waals surface area contributed by atoms with Gasteiger partial charge in [0.15, 0.2) is 11.5 Å². The zero-order valence-electron chi connectivity index (χ0n) is 14.0. The fourth-order valence-electron chi connectivity index (χ4n) is 2.65. The molecule has 1 amide bonds. The van der Waals surface area contributed by atoms with E-state index in [0.29, 0.717) is 30.4 Å². The number of rotatable bonds is 6. The summed E-state index contributed by atoms with van der Waals surface area (Å²) in [4.78, 5) is 12.2. The molecule has 2 heterocycles. The summed E-state index contributed by atoms with van der Waals surface area (Å²) < 4.78 is 16.0. The van der Waals surface area contributed by atoms with E-state index in [9.17, 15) is 4.79 Å². The Hall–Kier alpha value is -3.35. The number of ether oxygens (including phenoxy) is 2. The highest BCUT2D eigenvalue weighted by molar-refractivity contribution is 5.89. The lowest BCUT2D eigenvalue weighted by atomic mass is 10.1. The van der Waals surface area contributed by atoms with Gasteiger partial charge >= 0.3 is 11.8 Å². The molecule has 0 atom stereocenters. The van der Waals surface area contributed by atoms with E-state index < -0.39 is 5.91 Å². The molecule has 132 valence electrons. The molecule has 0 spiro atoms. The van der Waals surface area contributed by atoms with E-state index in [1.807, 2.05) is 48.5 Å². The number of benzene rings is 2. The van der Waals surface area contributed by atoms with Gasteiger partial charge in [0.05, 0.1) is 0 Å². The van der Waals surface area contributed by atoms with Crippen LogP contribution in [0.25, 0.3) is 0 Å². The van der Waals surface area contributed by atoms with Crippen LogP contribution in [0.15, 0.2) is 52.9 Å². The van der Waals surface area contributed by atoms with Crippen molar-refractivity contribution in [1.82, 2.24) is 15.5 Å². The number of nitrogens with one attached hydrogen (secondary N) is 1. The fraction of sp³-hybridized carbons (Fsp3) is 0.211. The van der Waals surface area contributed by atoms with Gasteiger partial charge in [0, 0.05) is 13.0 Å². The Morgan fingerprint density at radius 3 is 2.69 bits per heavy atom. The number of aromatic nitrogens is 2. The summed E-state index contributed by atoms with van der Waals surface area (Å²) in [6, 6.07) is 15.5. The van der Waals surface area contributed by atoms with Crippen molar-refractivity contribution >= 4 is 5.91 Å². The average Bonchev–Trinajstić information content (AvgIpc) is 3.34. The molecule has 1 aliphatic heterocycles. The Kier molecular flexibility index (Phi) is 4.51. The number of hydrogen-bond donors (Lipinski definition) is 1. The predicted molar refractivity (Wildman–Crippen MR) is 91.9 cm³/mol. The molecule has 26 heavy (non-hydrogen) atoms. The molecule has 1 aliphatic rings. The highest BCUT2D eigenvalue weighted by Crippen LogP contribution is 2.32. The molecular formula is C19H17N3O4. The zero-order chi connectivity index (χ0) is 17.8. The molecule has 7 heteroatoms. The third-order valence-electron chi connectivity index (χ3n) is 4.02. The molecule has 0 unspecified atom stereocenters. The van der Waals surface area contributed by atoms with Crippen molar-refractivity contribution < 1.29 is 18.7 Å². The standard InChI is InChI=1S/C19H17N3O4/c23-18(20-11-14-6-8-15-16(10-14)25-12-24-15)19-22-21-17(26-19)9-7-13-4-2-1-3-5-13/h1-6,8,10H,7,9,11-12H2,(H,20,23). The van der Waals surface area contributed by atoms with Gasteiger partial charge in [0.1, 0.15) is 0 Å². The topological polar surface area (TPSA) is 86.5 Å². The van der Waals surface area contributed by atoms with Crippen molar-refractivity contribution in [3.8, 4) is 11.5 Å². The van der Waals surface area contributed by atoms with E-state index in [-0.39, 0.29) is 12.7 Å². The summed E-state index contributed by atoms with van der Waals surface area (Å²) >= 11 is 0. The number of hydrogen-bond acceptors (Lipinski definition) is 6. The normalized spacial score (nSPS) is 12.2. The van der Waals surface area contributed by atoms with Crippen molar-refractivity contribution in [2.75, 3.05) is 6.79 Å². The molecule has 0 saturated carbocycles. The van der Waals surface area contributed by atoms with Crippen LogP contribution in [0, 0.1) is 0 Å². The maximum Gasteiger partial charge on any atom is 0.309 e. The molecule has 0 aliphatic carbocycles. The summed E-state index contributed by atoms with van der Waals surface area (Å²) in [5, 5.41) is 10.5. The lowest BCUT2D eigenvalue weighted by Crippen LogP contribution is -2.23. The van der Waals surface area contributed by atoms with Crippen molar-refractivity contribution in [3.05, 3.63) is 71.4 Å². The highest BCUT2D eigenvalue weighted by Gasteiger charge is 2.16. The van der Waals surface area contributed by atoms with E-state index >= 15 is 0 Å². The van der Waals surface area contributed by atoms with Crippen LogP contribution >= 0.6 is 0 Å². The van der Waals surface area contributed by atoms with Crippen LogP contribution in [0.4, 0.5) is 0 Å².